The number of sulfonamides is 1. The van der Waals surface area contributed by atoms with Crippen LogP contribution in [0.2, 0.25) is 0 Å². The summed E-state index contributed by atoms with van der Waals surface area (Å²) in [5.41, 5.74) is 1.06. The Labute approximate surface area is 187 Å². The van der Waals surface area contributed by atoms with Crippen LogP contribution >= 0.6 is 15.9 Å². The van der Waals surface area contributed by atoms with Gasteiger partial charge in [-0.3, -0.25) is 4.79 Å². The number of rotatable bonds is 7. The third-order valence-electron chi connectivity index (χ3n) is 6.10. The molecule has 2 aliphatic heterocycles. The minimum atomic E-state index is -3.85. The molecular formula is C20H30BrN3O5S. The molecule has 8 nitrogen and oxygen atoms in total. The Morgan fingerprint density at radius 3 is 2.17 bits per heavy atom. The van der Waals surface area contributed by atoms with Crippen LogP contribution < -0.4 is 4.90 Å². The first-order valence-electron chi connectivity index (χ1n) is 10.1. The van der Waals surface area contributed by atoms with Crippen LogP contribution in [-0.2, 0) is 24.3 Å². The van der Waals surface area contributed by atoms with E-state index in [1.165, 1.54) is 11.4 Å². The maximum absolute atomic E-state index is 13.6. The minimum Gasteiger partial charge on any atom is -0.468 e. The van der Waals surface area contributed by atoms with Crippen LogP contribution in [0.5, 0.6) is 0 Å². The zero-order valence-electron chi connectivity index (χ0n) is 17.5. The molecule has 3 rings (SSSR count). The van der Waals surface area contributed by atoms with E-state index in [2.05, 4.69) is 25.7 Å². The van der Waals surface area contributed by atoms with Crippen molar-refractivity contribution in [2.24, 2.45) is 0 Å². The van der Waals surface area contributed by atoms with Crippen LogP contribution in [0.25, 0.3) is 0 Å². The standard InChI is InChI=1S/C20H30BrN3O5S/c1-28-16-15-22-9-7-20(8-10-22,19(25)29-2)30(26,27)24-13-11-23(12-14-24)18-5-3-17(21)4-6-18/h3-6H,7-16H2,1-2H3. The Morgan fingerprint density at radius 2 is 1.63 bits per heavy atom. The van der Waals surface area contributed by atoms with Gasteiger partial charge in [0.25, 0.3) is 0 Å². The fourth-order valence-electron chi connectivity index (χ4n) is 4.20. The maximum Gasteiger partial charge on any atom is 0.328 e. The smallest absolute Gasteiger partial charge is 0.328 e. The molecule has 0 aromatic heterocycles. The summed E-state index contributed by atoms with van der Waals surface area (Å²) in [5.74, 6) is -0.649. The zero-order chi connectivity index (χ0) is 21.8. The Balaban J connectivity index is 1.72. The lowest BCUT2D eigenvalue weighted by atomic mass is 9.96. The van der Waals surface area contributed by atoms with Crippen LogP contribution in [0, 0.1) is 0 Å². The van der Waals surface area contributed by atoms with Crippen molar-refractivity contribution < 1.29 is 22.7 Å². The normalized spacial score (nSPS) is 20.8. The molecule has 0 N–H and O–H groups in total. The van der Waals surface area contributed by atoms with E-state index in [1.54, 1.807) is 7.11 Å². The van der Waals surface area contributed by atoms with E-state index >= 15 is 0 Å². The molecule has 2 aliphatic rings. The van der Waals surface area contributed by atoms with Crippen LogP contribution in [-0.4, -0.2) is 95.0 Å². The van der Waals surface area contributed by atoms with Crippen LogP contribution in [0.4, 0.5) is 5.69 Å². The Kier molecular flexibility index (Phi) is 7.78. The molecular weight excluding hydrogens is 474 g/mol. The van der Waals surface area contributed by atoms with Crippen molar-refractivity contribution in [3.63, 3.8) is 0 Å². The average molecular weight is 504 g/mol. The molecule has 2 fully saturated rings. The first kappa shape index (κ1) is 23.5. The summed E-state index contributed by atoms with van der Waals surface area (Å²) in [4.78, 5) is 17.0. The molecule has 0 aliphatic carbocycles. The summed E-state index contributed by atoms with van der Waals surface area (Å²) >= 11 is 3.43. The number of hydrogen-bond acceptors (Lipinski definition) is 7. The minimum absolute atomic E-state index is 0.235. The summed E-state index contributed by atoms with van der Waals surface area (Å²) in [6.07, 6.45) is 0.470. The molecule has 0 atom stereocenters. The van der Waals surface area contributed by atoms with E-state index < -0.39 is 20.7 Å². The Morgan fingerprint density at radius 1 is 1.03 bits per heavy atom. The van der Waals surface area contributed by atoms with Gasteiger partial charge in [-0.05, 0) is 37.1 Å². The maximum atomic E-state index is 13.6. The van der Waals surface area contributed by atoms with E-state index in [-0.39, 0.29) is 12.8 Å². The molecule has 0 radical (unpaired) electrons. The van der Waals surface area contributed by atoms with Gasteiger partial charge in [-0.25, -0.2) is 8.42 Å². The van der Waals surface area contributed by atoms with Gasteiger partial charge in [0.15, 0.2) is 4.75 Å². The first-order chi connectivity index (χ1) is 14.3. The van der Waals surface area contributed by atoms with E-state index in [0.29, 0.717) is 45.9 Å². The molecule has 10 heteroatoms. The summed E-state index contributed by atoms with van der Waals surface area (Å²) < 4.78 is 38.3. The summed E-state index contributed by atoms with van der Waals surface area (Å²) in [6.45, 7) is 4.22. The molecule has 1 aromatic carbocycles. The van der Waals surface area contributed by atoms with Gasteiger partial charge in [0.2, 0.25) is 10.0 Å². The highest BCUT2D eigenvalue weighted by molar-refractivity contribution is 9.10. The van der Waals surface area contributed by atoms with Crippen LogP contribution in [0.1, 0.15) is 12.8 Å². The van der Waals surface area contributed by atoms with Gasteiger partial charge in [0.05, 0.1) is 13.7 Å². The highest BCUT2D eigenvalue weighted by Gasteiger charge is 2.55. The number of anilines is 1. The Hall–Kier alpha value is -1.20. The molecule has 1 aromatic rings. The van der Waals surface area contributed by atoms with Crippen molar-refractivity contribution in [1.29, 1.82) is 0 Å². The molecule has 0 unspecified atom stereocenters. The summed E-state index contributed by atoms with van der Waals surface area (Å²) in [6, 6.07) is 7.98. The third kappa shape index (κ3) is 4.67. The molecule has 0 amide bonds. The third-order valence-corrected chi connectivity index (χ3v) is 9.23. The van der Waals surface area contributed by atoms with E-state index in [1.807, 2.05) is 24.3 Å². The quantitative estimate of drug-likeness (QED) is 0.522. The van der Waals surface area contributed by atoms with Gasteiger partial charge in [0, 0.05) is 63.1 Å². The van der Waals surface area contributed by atoms with Crippen molar-refractivity contribution >= 4 is 37.6 Å². The number of halogens is 1. The predicted octanol–water partition coefficient (Wildman–Crippen LogP) is 1.55. The van der Waals surface area contributed by atoms with Crippen molar-refractivity contribution in [1.82, 2.24) is 9.21 Å². The monoisotopic (exact) mass is 503 g/mol. The fraction of sp³-hybridized carbons (Fsp3) is 0.650. The Bertz CT molecular complexity index is 817. The first-order valence-corrected chi connectivity index (χ1v) is 12.4. The molecule has 168 valence electrons. The number of ether oxygens (including phenoxy) is 2. The van der Waals surface area contributed by atoms with Crippen molar-refractivity contribution in [3.8, 4) is 0 Å². The summed E-state index contributed by atoms with van der Waals surface area (Å²) in [7, 11) is -0.941. The number of likely N-dealkylation sites (tertiary alicyclic amines) is 1. The fourth-order valence-corrected chi connectivity index (χ4v) is 6.59. The molecule has 2 heterocycles. The topological polar surface area (TPSA) is 79.4 Å². The number of piperidine rings is 1. The predicted molar refractivity (Wildman–Crippen MR) is 119 cm³/mol. The number of piperazine rings is 1. The number of benzene rings is 1. The lowest BCUT2D eigenvalue weighted by Gasteiger charge is -2.43. The van der Waals surface area contributed by atoms with E-state index in [9.17, 15) is 13.2 Å². The van der Waals surface area contributed by atoms with Gasteiger partial charge >= 0.3 is 5.97 Å². The van der Waals surface area contributed by atoms with Gasteiger partial charge < -0.3 is 19.3 Å². The SMILES string of the molecule is COCCN1CCC(C(=O)OC)(S(=O)(=O)N2CCN(c3ccc(Br)cc3)CC2)CC1. The number of methoxy groups -OCH3 is 2. The number of nitrogens with zero attached hydrogens (tertiary/aromatic N) is 3. The van der Waals surface area contributed by atoms with Gasteiger partial charge in [-0.2, -0.15) is 4.31 Å². The highest BCUT2D eigenvalue weighted by Crippen LogP contribution is 2.35. The van der Waals surface area contributed by atoms with Crippen molar-refractivity contribution in [3.05, 3.63) is 28.7 Å². The van der Waals surface area contributed by atoms with Crippen LogP contribution in [0.15, 0.2) is 28.7 Å². The zero-order valence-corrected chi connectivity index (χ0v) is 20.0. The largest absolute Gasteiger partial charge is 0.468 e. The lowest BCUT2D eigenvalue weighted by molar-refractivity contribution is -0.145. The molecule has 0 spiro atoms. The van der Waals surface area contributed by atoms with E-state index in [0.717, 1.165) is 16.7 Å². The number of carbonyl (C=O) groups excluding carboxylic acids is 1. The van der Waals surface area contributed by atoms with E-state index in [4.69, 9.17) is 9.47 Å². The number of hydrogen-bond donors (Lipinski definition) is 0. The number of carbonyl (C=O) groups is 1. The van der Waals surface area contributed by atoms with Gasteiger partial charge in [0.1, 0.15) is 0 Å². The van der Waals surface area contributed by atoms with Crippen molar-refractivity contribution in [2.45, 2.75) is 17.6 Å². The van der Waals surface area contributed by atoms with Crippen LogP contribution in [0.3, 0.4) is 0 Å². The number of esters is 1. The van der Waals surface area contributed by atoms with Gasteiger partial charge in [-0.1, -0.05) is 15.9 Å². The molecule has 30 heavy (non-hydrogen) atoms. The average Bonchev–Trinajstić information content (AvgIpc) is 2.78. The highest BCUT2D eigenvalue weighted by atomic mass is 79.9. The molecule has 2 saturated heterocycles. The lowest BCUT2D eigenvalue weighted by Crippen LogP contribution is -2.62. The van der Waals surface area contributed by atoms with Crippen molar-refractivity contribution in [2.75, 3.05) is 71.5 Å². The molecule has 0 saturated carbocycles. The van der Waals surface area contributed by atoms with Gasteiger partial charge in [-0.15, -0.1) is 0 Å². The second-order valence-corrected chi connectivity index (χ2v) is 10.9. The second kappa shape index (κ2) is 9.95. The second-order valence-electron chi connectivity index (χ2n) is 7.69. The molecule has 0 bridgehead atoms. The summed E-state index contributed by atoms with van der Waals surface area (Å²) in [5, 5.41) is 0.